The van der Waals surface area contributed by atoms with E-state index in [1.807, 2.05) is 36.9 Å². The molecule has 1 saturated heterocycles. The van der Waals surface area contributed by atoms with Gasteiger partial charge in [0, 0.05) is 67.4 Å². The first-order valence-corrected chi connectivity index (χ1v) is 17.4. The van der Waals surface area contributed by atoms with Crippen LogP contribution in [0.3, 0.4) is 0 Å². The van der Waals surface area contributed by atoms with Gasteiger partial charge in [-0.25, -0.2) is 4.98 Å². The Hall–Kier alpha value is -5.25. The number of fused-ring (bicyclic) bond motifs is 2. The van der Waals surface area contributed by atoms with E-state index in [2.05, 4.69) is 77.6 Å². The molecular weight excluding hydrogens is 624 g/mol. The van der Waals surface area contributed by atoms with Gasteiger partial charge in [-0.05, 0) is 115 Å². The maximum Gasteiger partial charge on any atom is 0.307 e. The first-order chi connectivity index (χ1) is 24.4. The zero-order valence-electron chi connectivity index (χ0n) is 28.6. The molecule has 254 valence electrons. The molecule has 7 rings (SSSR count). The summed E-state index contributed by atoms with van der Waals surface area (Å²) in [4.78, 5) is 32.6. The molecule has 0 radical (unpaired) electrons. The van der Waals surface area contributed by atoms with Crippen molar-refractivity contribution in [3.63, 3.8) is 0 Å². The average molecular weight is 667 g/mol. The summed E-state index contributed by atoms with van der Waals surface area (Å²) < 4.78 is 0. The molecule has 1 fully saturated rings. The van der Waals surface area contributed by atoms with E-state index in [0.717, 1.165) is 87.1 Å². The normalized spacial score (nSPS) is 14.8. The first-order valence-electron chi connectivity index (χ1n) is 17.4. The fourth-order valence-corrected chi connectivity index (χ4v) is 7.13. The van der Waals surface area contributed by atoms with Crippen molar-refractivity contribution >= 4 is 39.3 Å². The van der Waals surface area contributed by atoms with Gasteiger partial charge in [-0.1, -0.05) is 30.3 Å². The molecule has 4 aromatic heterocycles. The average Bonchev–Trinajstić information content (AvgIpc) is 3.59. The van der Waals surface area contributed by atoms with Gasteiger partial charge in [0.15, 0.2) is 5.82 Å². The van der Waals surface area contributed by atoms with Crippen LogP contribution < -0.4 is 5.32 Å². The minimum atomic E-state index is -0.713. The summed E-state index contributed by atoms with van der Waals surface area (Å²) in [7, 11) is 0. The van der Waals surface area contributed by atoms with Gasteiger partial charge in [0.1, 0.15) is 5.52 Å². The van der Waals surface area contributed by atoms with Crippen LogP contribution in [-0.4, -0.2) is 60.7 Å². The summed E-state index contributed by atoms with van der Waals surface area (Å²) in [5.74, 6) is -0.282. The second kappa shape index (κ2) is 14.7. The van der Waals surface area contributed by atoms with Crippen LogP contribution in [0.5, 0.6) is 0 Å². The minimum absolute atomic E-state index is 0.209. The lowest BCUT2D eigenvalue weighted by Gasteiger charge is -2.17. The predicted molar refractivity (Wildman–Crippen MR) is 198 cm³/mol. The van der Waals surface area contributed by atoms with Gasteiger partial charge in [-0.3, -0.25) is 24.6 Å². The molecule has 6 aromatic rings. The quantitative estimate of drug-likeness (QED) is 0.115. The molecule has 0 bridgehead atoms. The van der Waals surface area contributed by atoms with Crippen molar-refractivity contribution in [1.82, 2.24) is 24.8 Å². The van der Waals surface area contributed by atoms with Crippen LogP contribution in [-0.2, 0) is 24.2 Å². The summed E-state index contributed by atoms with van der Waals surface area (Å²) in [6.45, 7) is 6.58. The fraction of sp³-hybridized carbons (Fsp3) is 0.293. The van der Waals surface area contributed by atoms with Crippen molar-refractivity contribution in [2.24, 2.45) is 5.92 Å². The van der Waals surface area contributed by atoms with E-state index < -0.39 is 5.97 Å². The van der Waals surface area contributed by atoms with Crippen LogP contribution in [0.25, 0.3) is 32.9 Å². The van der Waals surface area contributed by atoms with Gasteiger partial charge in [-0.2, -0.15) is 0 Å². The van der Waals surface area contributed by atoms with E-state index >= 15 is 0 Å². The van der Waals surface area contributed by atoms with E-state index in [4.69, 9.17) is 20.1 Å². The number of aliphatic hydroxyl groups excluding tert-OH is 1. The smallest absolute Gasteiger partial charge is 0.307 e. The summed E-state index contributed by atoms with van der Waals surface area (Å²) in [6, 6.07) is 21.1. The highest BCUT2D eigenvalue weighted by Crippen LogP contribution is 2.35. The third-order valence-electron chi connectivity index (χ3n) is 9.97. The van der Waals surface area contributed by atoms with Gasteiger partial charge in [0.05, 0.1) is 17.1 Å². The number of carboxylic acids is 1. The molecule has 0 unspecified atom stereocenters. The SMILES string of the molecule is Cc1c(Cc2nccc3cc(CN4CC[C@@H](C(=O)O)C4)cnc23)cccc1-c1cccc(Nc2nccc3cc(CCCCO)cnc23)c1C. The Kier molecular flexibility index (Phi) is 9.78. The number of likely N-dealkylation sites (tertiary alicyclic amines) is 1. The molecule has 0 amide bonds. The molecule has 1 aliphatic rings. The van der Waals surface area contributed by atoms with E-state index in [-0.39, 0.29) is 12.5 Å². The number of carbonyl (C=O) groups is 1. The Morgan fingerprint density at radius 3 is 2.38 bits per heavy atom. The Morgan fingerprint density at radius 2 is 1.58 bits per heavy atom. The molecule has 2 aromatic carbocycles. The number of nitrogens with zero attached hydrogens (tertiary/aromatic N) is 5. The number of nitrogens with one attached hydrogen (secondary N) is 1. The standard InChI is InChI=1S/C41H42N6O3/c1-26-30(21-37-38-31(12-15-42-37)20-29(23-44-38)24-47-17-14-33(25-47)41(49)50)8-5-9-34(26)35-10-6-11-36(27(35)2)46-40-39-32(13-16-43-40)19-28(22-45-39)7-3-4-18-48/h5-6,8-13,15-16,19-20,22-23,33,48H,3-4,7,14,17-18,21,24-25H2,1-2H3,(H,43,46)(H,49,50)/t33-/m1/s1. The van der Waals surface area contributed by atoms with Crippen LogP contribution in [0.15, 0.2) is 85.5 Å². The highest BCUT2D eigenvalue weighted by molar-refractivity contribution is 5.91. The zero-order valence-corrected chi connectivity index (χ0v) is 28.6. The molecular formula is C41H42N6O3. The predicted octanol–water partition coefficient (Wildman–Crippen LogP) is 7.41. The minimum Gasteiger partial charge on any atom is -0.481 e. The number of anilines is 2. The van der Waals surface area contributed by atoms with Gasteiger partial charge in [0.25, 0.3) is 0 Å². The van der Waals surface area contributed by atoms with Crippen molar-refractivity contribution in [3.05, 3.63) is 119 Å². The number of aliphatic hydroxyl groups is 1. The molecule has 0 saturated carbocycles. The number of unbranched alkanes of at least 4 members (excludes halogenated alkanes) is 1. The molecule has 50 heavy (non-hydrogen) atoms. The van der Waals surface area contributed by atoms with Gasteiger partial charge >= 0.3 is 5.97 Å². The Morgan fingerprint density at radius 1 is 0.860 bits per heavy atom. The molecule has 1 atom stereocenters. The topological polar surface area (TPSA) is 124 Å². The van der Waals surface area contributed by atoms with E-state index in [1.165, 1.54) is 16.7 Å². The van der Waals surface area contributed by atoms with Crippen molar-refractivity contribution in [2.45, 2.75) is 52.5 Å². The molecule has 0 spiro atoms. The number of aryl methyl sites for hydroxylation is 1. The Labute approximate surface area is 292 Å². The van der Waals surface area contributed by atoms with Crippen molar-refractivity contribution < 1.29 is 15.0 Å². The number of carboxylic acid groups (broad SMARTS) is 1. The summed E-state index contributed by atoms with van der Waals surface area (Å²) >= 11 is 0. The molecule has 9 nitrogen and oxygen atoms in total. The summed E-state index contributed by atoms with van der Waals surface area (Å²) in [5.41, 5.74) is 11.7. The largest absolute Gasteiger partial charge is 0.481 e. The lowest BCUT2D eigenvalue weighted by atomic mass is 9.91. The number of hydrogen-bond acceptors (Lipinski definition) is 8. The number of rotatable bonds is 12. The lowest BCUT2D eigenvalue weighted by Crippen LogP contribution is -2.22. The molecule has 3 N–H and O–H groups in total. The van der Waals surface area contributed by atoms with Crippen LogP contribution in [0.1, 0.15) is 52.8 Å². The maximum absolute atomic E-state index is 11.4. The van der Waals surface area contributed by atoms with Crippen LogP contribution in [0.2, 0.25) is 0 Å². The van der Waals surface area contributed by atoms with Crippen LogP contribution in [0, 0.1) is 19.8 Å². The van der Waals surface area contributed by atoms with Crippen molar-refractivity contribution in [2.75, 3.05) is 25.0 Å². The maximum atomic E-state index is 11.4. The molecule has 0 aliphatic carbocycles. The first kappa shape index (κ1) is 33.3. The zero-order chi connectivity index (χ0) is 34.6. The lowest BCUT2D eigenvalue weighted by molar-refractivity contribution is -0.141. The highest BCUT2D eigenvalue weighted by Gasteiger charge is 2.28. The van der Waals surface area contributed by atoms with Crippen molar-refractivity contribution in [3.8, 4) is 11.1 Å². The summed E-state index contributed by atoms with van der Waals surface area (Å²) in [5, 5.41) is 24.2. The van der Waals surface area contributed by atoms with Crippen LogP contribution >= 0.6 is 0 Å². The third-order valence-corrected chi connectivity index (χ3v) is 9.97. The van der Waals surface area contributed by atoms with E-state index in [9.17, 15) is 9.90 Å². The Balaban J connectivity index is 1.12. The van der Waals surface area contributed by atoms with Gasteiger partial charge in [0.2, 0.25) is 0 Å². The fourth-order valence-electron chi connectivity index (χ4n) is 7.13. The highest BCUT2D eigenvalue weighted by atomic mass is 16.4. The number of pyridine rings is 4. The second-order valence-corrected chi connectivity index (χ2v) is 13.4. The summed E-state index contributed by atoms with van der Waals surface area (Å²) in [6.07, 6.45) is 11.4. The number of benzene rings is 2. The molecule has 9 heteroatoms. The number of aromatic nitrogens is 4. The second-order valence-electron chi connectivity index (χ2n) is 13.4. The molecule has 5 heterocycles. The molecule has 1 aliphatic heterocycles. The number of hydrogen-bond donors (Lipinski definition) is 3. The van der Waals surface area contributed by atoms with Crippen molar-refractivity contribution in [1.29, 1.82) is 0 Å². The monoisotopic (exact) mass is 666 g/mol. The van der Waals surface area contributed by atoms with Gasteiger partial charge in [-0.15, -0.1) is 0 Å². The van der Waals surface area contributed by atoms with Crippen LogP contribution in [0.4, 0.5) is 11.5 Å². The van der Waals surface area contributed by atoms with E-state index in [0.29, 0.717) is 25.9 Å². The number of aliphatic carboxylic acids is 1. The van der Waals surface area contributed by atoms with Gasteiger partial charge < -0.3 is 15.5 Å². The Bertz CT molecular complexity index is 2180. The third kappa shape index (κ3) is 7.06. The van der Waals surface area contributed by atoms with E-state index in [1.54, 1.807) is 0 Å².